The molecule has 1 saturated carbocycles. The zero-order chi connectivity index (χ0) is 10.7. The maximum Gasteiger partial charge on any atom is 0.0695 e. The van der Waals surface area contributed by atoms with Crippen LogP contribution in [0.2, 0.25) is 0 Å². The predicted molar refractivity (Wildman–Crippen MR) is 59.9 cm³/mol. The highest BCUT2D eigenvalue weighted by Gasteiger charge is 2.30. The fourth-order valence-electron chi connectivity index (χ4n) is 2.85. The Labute approximate surface area is 92.4 Å². The Morgan fingerprint density at radius 2 is 2.00 bits per heavy atom. The summed E-state index contributed by atoms with van der Waals surface area (Å²) in [5.74, 6) is 0. The average Bonchev–Trinajstić information content (AvgIpc) is 2.43. The first kappa shape index (κ1) is 11.4. The summed E-state index contributed by atoms with van der Waals surface area (Å²) in [6.07, 6.45) is 5.92. The van der Waals surface area contributed by atoms with Gasteiger partial charge in [0.05, 0.1) is 12.2 Å². The molecule has 1 N–H and O–H groups in total. The minimum atomic E-state index is -0.107. The van der Waals surface area contributed by atoms with Crippen molar-refractivity contribution < 1.29 is 9.84 Å². The topological polar surface area (TPSA) is 32.7 Å². The molecule has 0 amide bonds. The summed E-state index contributed by atoms with van der Waals surface area (Å²) in [7, 11) is 0. The molecule has 1 heterocycles. The molecule has 3 atom stereocenters. The number of hydrogen-bond acceptors (Lipinski definition) is 3. The van der Waals surface area contributed by atoms with Gasteiger partial charge in [0.25, 0.3) is 0 Å². The second-order valence-corrected chi connectivity index (χ2v) is 4.95. The van der Waals surface area contributed by atoms with Crippen molar-refractivity contribution in [1.82, 2.24) is 4.90 Å². The molecule has 0 aromatic heterocycles. The van der Waals surface area contributed by atoms with E-state index in [-0.39, 0.29) is 6.10 Å². The molecule has 15 heavy (non-hydrogen) atoms. The van der Waals surface area contributed by atoms with Gasteiger partial charge in [0.1, 0.15) is 0 Å². The molecule has 0 bridgehead atoms. The van der Waals surface area contributed by atoms with Crippen molar-refractivity contribution >= 4 is 0 Å². The van der Waals surface area contributed by atoms with E-state index >= 15 is 0 Å². The first-order valence-electron chi connectivity index (χ1n) is 6.31. The van der Waals surface area contributed by atoms with Gasteiger partial charge in [-0.3, -0.25) is 4.90 Å². The van der Waals surface area contributed by atoms with E-state index in [0.29, 0.717) is 12.1 Å². The Balaban J connectivity index is 1.94. The van der Waals surface area contributed by atoms with Crippen molar-refractivity contribution in [2.24, 2.45) is 0 Å². The molecule has 1 saturated heterocycles. The van der Waals surface area contributed by atoms with Crippen LogP contribution in [0, 0.1) is 0 Å². The molecule has 2 rings (SSSR count). The van der Waals surface area contributed by atoms with E-state index in [4.69, 9.17) is 4.74 Å². The van der Waals surface area contributed by atoms with Crippen LogP contribution in [0.3, 0.4) is 0 Å². The third kappa shape index (κ3) is 2.92. The maximum absolute atomic E-state index is 10.0. The molecular weight excluding hydrogens is 190 g/mol. The van der Waals surface area contributed by atoms with E-state index in [0.717, 1.165) is 39.0 Å². The smallest absolute Gasteiger partial charge is 0.0695 e. The van der Waals surface area contributed by atoms with Crippen molar-refractivity contribution in [3.63, 3.8) is 0 Å². The highest BCUT2D eigenvalue weighted by atomic mass is 16.5. The maximum atomic E-state index is 10.0. The Hall–Kier alpha value is -0.120. The van der Waals surface area contributed by atoms with Crippen molar-refractivity contribution in [3.8, 4) is 0 Å². The second-order valence-electron chi connectivity index (χ2n) is 4.95. The molecule has 0 aromatic rings. The summed E-state index contributed by atoms with van der Waals surface area (Å²) in [6.45, 7) is 5.09. The van der Waals surface area contributed by atoms with E-state index in [9.17, 15) is 5.11 Å². The van der Waals surface area contributed by atoms with Crippen molar-refractivity contribution in [1.29, 1.82) is 0 Å². The van der Waals surface area contributed by atoms with E-state index in [1.54, 1.807) is 0 Å². The van der Waals surface area contributed by atoms with Crippen LogP contribution >= 0.6 is 0 Å². The Morgan fingerprint density at radius 3 is 2.80 bits per heavy atom. The van der Waals surface area contributed by atoms with Crippen LogP contribution in [0.15, 0.2) is 0 Å². The van der Waals surface area contributed by atoms with Crippen molar-refractivity contribution in [2.45, 2.75) is 57.3 Å². The van der Waals surface area contributed by atoms with Gasteiger partial charge in [0.15, 0.2) is 0 Å². The van der Waals surface area contributed by atoms with Gasteiger partial charge in [0.2, 0.25) is 0 Å². The van der Waals surface area contributed by atoms with Crippen molar-refractivity contribution in [2.75, 3.05) is 19.7 Å². The lowest BCUT2D eigenvalue weighted by molar-refractivity contribution is 0.00474. The molecule has 0 aromatic carbocycles. The summed E-state index contributed by atoms with van der Waals surface area (Å²) in [6, 6.07) is 0.392. The van der Waals surface area contributed by atoms with E-state index in [1.165, 1.54) is 12.8 Å². The Morgan fingerprint density at radius 1 is 1.20 bits per heavy atom. The molecule has 2 fully saturated rings. The highest BCUT2D eigenvalue weighted by molar-refractivity contribution is 4.84. The SMILES string of the molecule is CC1CN([C@@H]2CCCC[C@H]2O)CCCO1. The van der Waals surface area contributed by atoms with Gasteiger partial charge in [-0.1, -0.05) is 12.8 Å². The van der Waals surface area contributed by atoms with E-state index < -0.39 is 0 Å². The lowest BCUT2D eigenvalue weighted by Crippen LogP contribution is -2.47. The van der Waals surface area contributed by atoms with Gasteiger partial charge >= 0.3 is 0 Å². The first-order valence-corrected chi connectivity index (χ1v) is 6.31. The third-order valence-corrected chi connectivity index (χ3v) is 3.65. The molecule has 3 heteroatoms. The minimum absolute atomic E-state index is 0.107. The number of nitrogens with zero attached hydrogens (tertiary/aromatic N) is 1. The number of aliphatic hydroxyl groups is 1. The Kier molecular flexibility index (Phi) is 4.00. The van der Waals surface area contributed by atoms with Crippen LogP contribution in [-0.4, -0.2) is 48.0 Å². The molecule has 1 aliphatic heterocycles. The number of hydrogen-bond donors (Lipinski definition) is 1. The summed E-state index contributed by atoms with van der Waals surface area (Å²) in [4.78, 5) is 2.45. The monoisotopic (exact) mass is 213 g/mol. The van der Waals surface area contributed by atoms with Crippen LogP contribution < -0.4 is 0 Å². The quantitative estimate of drug-likeness (QED) is 0.714. The van der Waals surface area contributed by atoms with Crippen LogP contribution in [-0.2, 0) is 4.74 Å². The van der Waals surface area contributed by atoms with Crippen LogP contribution in [0.4, 0.5) is 0 Å². The van der Waals surface area contributed by atoms with Gasteiger partial charge in [-0.05, 0) is 26.2 Å². The second kappa shape index (κ2) is 5.28. The average molecular weight is 213 g/mol. The molecule has 2 aliphatic rings. The molecule has 88 valence electrons. The van der Waals surface area contributed by atoms with Gasteiger partial charge in [0, 0.05) is 25.7 Å². The molecule has 1 aliphatic carbocycles. The van der Waals surface area contributed by atoms with Crippen LogP contribution in [0.1, 0.15) is 39.0 Å². The van der Waals surface area contributed by atoms with Gasteiger partial charge in [-0.25, -0.2) is 0 Å². The zero-order valence-corrected chi connectivity index (χ0v) is 9.69. The first-order chi connectivity index (χ1) is 7.27. The van der Waals surface area contributed by atoms with Crippen molar-refractivity contribution in [3.05, 3.63) is 0 Å². The van der Waals surface area contributed by atoms with E-state index in [2.05, 4.69) is 11.8 Å². The largest absolute Gasteiger partial charge is 0.391 e. The third-order valence-electron chi connectivity index (χ3n) is 3.65. The summed E-state index contributed by atoms with van der Waals surface area (Å²) in [5.41, 5.74) is 0. The summed E-state index contributed by atoms with van der Waals surface area (Å²) in [5, 5.41) is 10.0. The molecule has 1 unspecified atom stereocenters. The molecule has 0 spiro atoms. The lowest BCUT2D eigenvalue weighted by Gasteiger charge is -2.37. The number of rotatable bonds is 1. The van der Waals surface area contributed by atoms with Crippen LogP contribution in [0.25, 0.3) is 0 Å². The van der Waals surface area contributed by atoms with Gasteiger partial charge < -0.3 is 9.84 Å². The van der Waals surface area contributed by atoms with Crippen LogP contribution in [0.5, 0.6) is 0 Å². The number of aliphatic hydroxyl groups excluding tert-OH is 1. The fourth-order valence-corrected chi connectivity index (χ4v) is 2.85. The molecular formula is C12H23NO2. The lowest BCUT2D eigenvalue weighted by atomic mass is 9.91. The molecule has 3 nitrogen and oxygen atoms in total. The zero-order valence-electron chi connectivity index (χ0n) is 9.69. The normalized spacial score (nSPS) is 40.0. The Bertz CT molecular complexity index is 198. The number of ether oxygens (including phenoxy) is 1. The van der Waals surface area contributed by atoms with E-state index in [1.807, 2.05) is 0 Å². The standard InChI is InChI=1S/C12H23NO2/c1-10-9-13(7-4-8-15-10)11-5-2-3-6-12(11)14/h10-12,14H,2-9H2,1H3/t10?,11-,12-/m1/s1. The van der Waals surface area contributed by atoms with Gasteiger partial charge in [-0.15, -0.1) is 0 Å². The van der Waals surface area contributed by atoms with Gasteiger partial charge in [-0.2, -0.15) is 0 Å². The molecule has 0 radical (unpaired) electrons. The summed E-state index contributed by atoms with van der Waals surface area (Å²) >= 11 is 0. The predicted octanol–water partition coefficient (Wildman–Crippen LogP) is 1.40. The summed E-state index contributed by atoms with van der Waals surface area (Å²) < 4.78 is 5.64. The highest BCUT2D eigenvalue weighted by Crippen LogP contribution is 2.24. The fraction of sp³-hybridized carbons (Fsp3) is 1.00. The minimum Gasteiger partial charge on any atom is -0.391 e.